The Labute approximate surface area is 143 Å². The van der Waals surface area contributed by atoms with Crippen molar-refractivity contribution in [2.75, 3.05) is 53.5 Å². The maximum absolute atomic E-state index is 12.2. The number of hydrogen-bond donors (Lipinski definition) is 0. The fourth-order valence-electron chi connectivity index (χ4n) is 3.47. The quantitative estimate of drug-likeness (QED) is 0.804. The number of nitrogens with zero attached hydrogens (tertiary/aromatic N) is 6. The average Bonchev–Trinajstić information content (AvgIpc) is 2.96. The van der Waals surface area contributed by atoms with Crippen molar-refractivity contribution in [1.29, 1.82) is 0 Å². The molecule has 24 heavy (non-hydrogen) atoms. The second kappa shape index (κ2) is 7.48. The number of likely N-dealkylation sites (tertiary alicyclic amines) is 1. The number of carbonyl (C=O) groups is 1. The second-order valence-corrected chi connectivity index (χ2v) is 6.88. The molecule has 2 aliphatic rings. The van der Waals surface area contributed by atoms with Crippen LogP contribution in [0.2, 0.25) is 0 Å². The van der Waals surface area contributed by atoms with Crippen molar-refractivity contribution in [1.82, 2.24) is 29.5 Å². The van der Waals surface area contributed by atoms with E-state index in [0.29, 0.717) is 0 Å². The molecule has 1 aromatic heterocycles. The third-order valence-corrected chi connectivity index (χ3v) is 4.91. The van der Waals surface area contributed by atoms with E-state index in [2.05, 4.69) is 19.7 Å². The SMILES string of the molecule is CN(C)C(=O)N1CCC[C@H](c2nnc(CN3CCOCC3)n2C)C1. The van der Waals surface area contributed by atoms with Crippen molar-refractivity contribution in [3.05, 3.63) is 11.6 Å². The number of rotatable bonds is 3. The van der Waals surface area contributed by atoms with Crippen LogP contribution in [0.4, 0.5) is 4.79 Å². The number of ether oxygens (including phenoxy) is 1. The van der Waals surface area contributed by atoms with E-state index in [9.17, 15) is 4.79 Å². The largest absolute Gasteiger partial charge is 0.379 e. The van der Waals surface area contributed by atoms with Crippen molar-refractivity contribution in [3.63, 3.8) is 0 Å². The summed E-state index contributed by atoms with van der Waals surface area (Å²) in [5.41, 5.74) is 0. The van der Waals surface area contributed by atoms with Gasteiger partial charge in [-0.15, -0.1) is 10.2 Å². The van der Waals surface area contributed by atoms with E-state index < -0.39 is 0 Å². The summed E-state index contributed by atoms with van der Waals surface area (Å²) in [7, 11) is 5.64. The van der Waals surface area contributed by atoms with Crippen molar-refractivity contribution in [2.24, 2.45) is 7.05 Å². The molecule has 1 atom stereocenters. The molecule has 3 heterocycles. The standard InChI is InChI=1S/C16H28N6O2/c1-19(2)16(23)22-6-4-5-13(11-22)15-18-17-14(20(15)3)12-21-7-9-24-10-8-21/h13H,4-12H2,1-3H3/t13-/m0/s1. The van der Waals surface area contributed by atoms with Gasteiger partial charge in [0.15, 0.2) is 0 Å². The van der Waals surface area contributed by atoms with Gasteiger partial charge >= 0.3 is 6.03 Å². The maximum atomic E-state index is 12.2. The lowest BCUT2D eigenvalue weighted by molar-refractivity contribution is 0.0326. The summed E-state index contributed by atoms with van der Waals surface area (Å²) < 4.78 is 7.51. The molecule has 0 radical (unpaired) electrons. The minimum atomic E-state index is 0.0791. The molecule has 2 amide bonds. The molecule has 0 aromatic carbocycles. The van der Waals surface area contributed by atoms with Crippen LogP contribution in [-0.4, -0.2) is 89.0 Å². The highest BCUT2D eigenvalue weighted by molar-refractivity contribution is 5.74. The van der Waals surface area contributed by atoms with Crippen LogP contribution in [0.3, 0.4) is 0 Å². The topological polar surface area (TPSA) is 66.7 Å². The molecule has 2 saturated heterocycles. The number of carbonyl (C=O) groups excluding carboxylic acids is 1. The van der Waals surface area contributed by atoms with Crippen LogP contribution < -0.4 is 0 Å². The van der Waals surface area contributed by atoms with Gasteiger partial charge in [-0.25, -0.2) is 4.79 Å². The lowest BCUT2D eigenvalue weighted by atomic mass is 9.97. The van der Waals surface area contributed by atoms with E-state index in [4.69, 9.17) is 4.74 Å². The summed E-state index contributed by atoms with van der Waals surface area (Å²) in [6.07, 6.45) is 2.07. The lowest BCUT2D eigenvalue weighted by Gasteiger charge is -2.34. The molecule has 2 aliphatic heterocycles. The number of urea groups is 1. The fraction of sp³-hybridized carbons (Fsp3) is 0.812. The zero-order chi connectivity index (χ0) is 17.1. The Morgan fingerprint density at radius 1 is 1.25 bits per heavy atom. The monoisotopic (exact) mass is 336 g/mol. The van der Waals surface area contributed by atoms with Gasteiger partial charge in [-0.05, 0) is 12.8 Å². The zero-order valence-electron chi connectivity index (χ0n) is 14.9. The summed E-state index contributed by atoms with van der Waals surface area (Å²) in [4.78, 5) is 18.1. The smallest absolute Gasteiger partial charge is 0.319 e. The fourth-order valence-corrected chi connectivity index (χ4v) is 3.47. The molecule has 0 N–H and O–H groups in total. The highest BCUT2D eigenvalue weighted by atomic mass is 16.5. The van der Waals surface area contributed by atoms with Gasteiger partial charge in [0.05, 0.1) is 19.8 Å². The first-order valence-corrected chi connectivity index (χ1v) is 8.70. The predicted octanol–water partition coefficient (Wildman–Crippen LogP) is 0.508. The summed E-state index contributed by atoms with van der Waals surface area (Å²) in [6.45, 7) is 5.81. The van der Waals surface area contributed by atoms with Crippen LogP contribution in [0.25, 0.3) is 0 Å². The number of morpholine rings is 1. The molecule has 0 unspecified atom stereocenters. The first kappa shape index (κ1) is 17.2. The highest BCUT2D eigenvalue weighted by Gasteiger charge is 2.29. The summed E-state index contributed by atoms with van der Waals surface area (Å²) >= 11 is 0. The number of piperidine rings is 1. The minimum Gasteiger partial charge on any atom is -0.379 e. The lowest BCUT2D eigenvalue weighted by Crippen LogP contribution is -2.44. The van der Waals surface area contributed by atoms with Gasteiger partial charge in [0, 0.05) is 53.2 Å². The second-order valence-electron chi connectivity index (χ2n) is 6.88. The van der Waals surface area contributed by atoms with E-state index in [-0.39, 0.29) is 11.9 Å². The number of amides is 2. The third-order valence-electron chi connectivity index (χ3n) is 4.91. The van der Waals surface area contributed by atoms with Crippen LogP contribution in [0.1, 0.15) is 30.4 Å². The van der Waals surface area contributed by atoms with Crippen molar-refractivity contribution < 1.29 is 9.53 Å². The summed E-state index contributed by atoms with van der Waals surface area (Å²) in [5.74, 6) is 2.25. The van der Waals surface area contributed by atoms with E-state index in [0.717, 1.165) is 70.4 Å². The minimum absolute atomic E-state index is 0.0791. The first-order valence-electron chi connectivity index (χ1n) is 8.70. The molecule has 8 heteroatoms. The van der Waals surface area contributed by atoms with Gasteiger partial charge in [0.1, 0.15) is 11.6 Å². The van der Waals surface area contributed by atoms with Crippen LogP contribution >= 0.6 is 0 Å². The number of aromatic nitrogens is 3. The zero-order valence-corrected chi connectivity index (χ0v) is 14.9. The molecule has 0 aliphatic carbocycles. The molecule has 8 nitrogen and oxygen atoms in total. The van der Waals surface area contributed by atoms with E-state index in [1.165, 1.54) is 0 Å². The van der Waals surface area contributed by atoms with Gasteiger partial charge in [0.25, 0.3) is 0 Å². The maximum Gasteiger partial charge on any atom is 0.319 e. The Morgan fingerprint density at radius 2 is 2.00 bits per heavy atom. The van der Waals surface area contributed by atoms with E-state index in [1.54, 1.807) is 19.0 Å². The van der Waals surface area contributed by atoms with Crippen molar-refractivity contribution in [2.45, 2.75) is 25.3 Å². The molecule has 1 aromatic rings. The number of hydrogen-bond acceptors (Lipinski definition) is 5. The van der Waals surface area contributed by atoms with Crippen LogP contribution in [0.5, 0.6) is 0 Å². The van der Waals surface area contributed by atoms with Gasteiger partial charge in [-0.2, -0.15) is 0 Å². The van der Waals surface area contributed by atoms with E-state index in [1.807, 2.05) is 11.9 Å². The first-order chi connectivity index (χ1) is 11.6. The van der Waals surface area contributed by atoms with Crippen LogP contribution in [-0.2, 0) is 18.3 Å². The van der Waals surface area contributed by atoms with Gasteiger partial charge < -0.3 is 19.1 Å². The molecule has 3 rings (SSSR count). The highest BCUT2D eigenvalue weighted by Crippen LogP contribution is 2.26. The Balaban J connectivity index is 1.67. The average molecular weight is 336 g/mol. The molecule has 0 saturated carbocycles. The van der Waals surface area contributed by atoms with Crippen LogP contribution in [0.15, 0.2) is 0 Å². The summed E-state index contributed by atoms with van der Waals surface area (Å²) in [6, 6.07) is 0.0791. The molecule has 0 bridgehead atoms. The summed E-state index contributed by atoms with van der Waals surface area (Å²) in [5, 5.41) is 8.85. The molecular weight excluding hydrogens is 308 g/mol. The van der Waals surface area contributed by atoms with Gasteiger partial charge in [-0.3, -0.25) is 4.90 Å². The van der Waals surface area contributed by atoms with E-state index >= 15 is 0 Å². The Kier molecular flexibility index (Phi) is 5.35. The third kappa shape index (κ3) is 3.70. The Hall–Kier alpha value is -1.67. The van der Waals surface area contributed by atoms with Crippen molar-refractivity contribution >= 4 is 6.03 Å². The normalized spacial score (nSPS) is 22.6. The molecule has 134 valence electrons. The molecule has 0 spiro atoms. The van der Waals surface area contributed by atoms with Crippen LogP contribution in [0, 0.1) is 0 Å². The Morgan fingerprint density at radius 3 is 2.71 bits per heavy atom. The van der Waals surface area contributed by atoms with Crippen molar-refractivity contribution in [3.8, 4) is 0 Å². The molecular formula is C16H28N6O2. The van der Waals surface area contributed by atoms with Gasteiger partial charge in [-0.1, -0.05) is 0 Å². The molecule has 2 fully saturated rings. The predicted molar refractivity (Wildman–Crippen MR) is 89.7 cm³/mol. The van der Waals surface area contributed by atoms with Gasteiger partial charge in [0.2, 0.25) is 0 Å². The Bertz CT molecular complexity index is 567.